The van der Waals surface area contributed by atoms with E-state index in [1.807, 2.05) is 0 Å². The maximum atomic E-state index is 6.20. The Morgan fingerprint density at radius 1 is 1.00 bits per heavy atom. The monoisotopic (exact) mass is 226 g/mol. The summed E-state index contributed by atoms with van der Waals surface area (Å²) < 4.78 is 6.20. The van der Waals surface area contributed by atoms with Gasteiger partial charge in [-0.2, -0.15) is 0 Å². The van der Waals surface area contributed by atoms with Crippen LogP contribution in [0.1, 0.15) is 44.9 Å². The fourth-order valence-corrected chi connectivity index (χ4v) is 3.29. The molecule has 0 amide bonds. The second-order valence-corrected chi connectivity index (χ2v) is 10.0. The molecule has 0 fully saturated rings. The lowest BCUT2D eigenvalue weighted by Crippen LogP contribution is -2.31. The van der Waals surface area contributed by atoms with Crippen LogP contribution in [0, 0.1) is 0 Å². The van der Waals surface area contributed by atoms with Crippen molar-refractivity contribution in [1.29, 1.82) is 0 Å². The van der Waals surface area contributed by atoms with Crippen molar-refractivity contribution in [3.8, 4) is 0 Å². The Morgan fingerprint density at radius 3 is 2.47 bits per heavy atom. The SMILES string of the molecule is C[Si](C)(C)OC1C/C=C/CCCCCC1. The first-order valence-electron chi connectivity index (χ1n) is 6.41. The Morgan fingerprint density at radius 2 is 1.73 bits per heavy atom. The van der Waals surface area contributed by atoms with Crippen molar-refractivity contribution in [3.63, 3.8) is 0 Å². The van der Waals surface area contributed by atoms with Crippen molar-refractivity contribution in [2.24, 2.45) is 0 Å². The highest BCUT2D eigenvalue weighted by Gasteiger charge is 2.20. The number of hydrogen-bond donors (Lipinski definition) is 0. The first kappa shape index (κ1) is 13.0. The minimum absolute atomic E-state index is 0.492. The molecule has 1 rings (SSSR count). The zero-order chi connectivity index (χ0) is 11.1. The molecule has 0 aromatic rings. The predicted molar refractivity (Wildman–Crippen MR) is 69.7 cm³/mol. The van der Waals surface area contributed by atoms with Gasteiger partial charge in [0, 0.05) is 6.10 Å². The van der Waals surface area contributed by atoms with Crippen LogP contribution in [0.15, 0.2) is 12.2 Å². The van der Waals surface area contributed by atoms with Crippen LogP contribution >= 0.6 is 0 Å². The van der Waals surface area contributed by atoms with Gasteiger partial charge in [-0.3, -0.25) is 0 Å². The van der Waals surface area contributed by atoms with Crippen molar-refractivity contribution >= 4 is 8.32 Å². The van der Waals surface area contributed by atoms with Crippen molar-refractivity contribution < 1.29 is 4.43 Å². The molecule has 0 aromatic carbocycles. The average Bonchev–Trinajstić information content (AvgIpc) is 2.13. The second-order valence-electron chi connectivity index (χ2n) is 5.55. The molecular formula is C13H26OSi. The van der Waals surface area contributed by atoms with Crippen LogP contribution in [0.5, 0.6) is 0 Å². The van der Waals surface area contributed by atoms with Crippen molar-refractivity contribution in [2.45, 2.75) is 70.7 Å². The molecule has 0 aromatic heterocycles. The van der Waals surface area contributed by atoms with Crippen LogP contribution in [0.25, 0.3) is 0 Å². The van der Waals surface area contributed by atoms with Crippen molar-refractivity contribution in [2.75, 3.05) is 0 Å². The summed E-state index contributed by atoms with van der Waals surface area (Å²) >= 11 is 0. The number of hydrogen-bond acceptors (Lipinski definition) is 1. The first-order valence-corrected chi connectivity index (χ1v) is 9.81. The van der Waals surface area contributed by atoms with Gasteiger partial charge in [-0.25, -0.2) is 0 Å². The summed E-state index contributed by atoms with van der Waals surface area (Å²) in [4.78, 5) is 0. The van der Waals surface area contributed by atoms with Gasteiger partial charge in [0.15, 0.2) is 8.32 Å². The average molecular weight is 226 g/mol. The van der Waals surface area contributed by atoms with Crippen molar-refractivity contribution in [3.05, 3.63) is 12.2 Å². The molecule has 0 radical (unpaired) electrons. The maximum absolute atomic E-state index is 6.20. The number of allylic oxidation sites excluding steroid dienone is 1. The molecule has 88 valence electrons. The summed E-state index contributed by atoms with van der Waals surface area (Å²) in [6, 6.07) is 0. The van der Waals surface area contributed by atoms with Gasteiger partial charge in [-0.1, -0.05) is 31.4 Å². The molecular weight excluding hydrogens is 200 g/mol. The molecule has 1 unspecified atom stereocenters. The smallest absolute Gasteiger partial charge is 0.184 e. The van der Waals surface area contributed by atoms with Gasteiger partial charge in [0.2, 0.25) is 0 Å². The van der Waals surface area contributed by atoms with Gasteiger partial charge in [0.25, 0.3) is 0 Å². The van der Waals surface area contributed by atoms with Gasteiger partial charge < -0.3 is 4.43 Å². The standard InChI is InChI=1S/C13H26OSi/c1-15(2,3)14-13-11-9-7-5-4-6-8-10-12-13/h7,9,13H,4-6,8,10-12H2,1-3H3/b9-7+. The summed E-state index contributed by atoms with van der Waals surface area (Å²) in [5.74, 6) is 0. The molecule has 0 saturated carbocycles. The van der Waals surface area contributed by atoms with Crippen LogP contribution in [-0.4, -0.2) is 14.4 Å². The van der Waals surface area contributed by atoms with Crippen LogP contribution in [0.3, 0.4) is 0 Å². The van der Waals surface area contributed by atoms with Gasteiger partial charge >= 0.3 is 0 Å². The van der Waals surface area contributed by atoms with E-state index >= 15 is 0 Å². The third-order valence-electron chi connectivity index (χ3n) is 2.73. The molecule has 1 atom stereocenters. The minimum atomic E-state index is -1.35. The Kier molecular flexibility index (Phi) is 5.62. The predicted octanol–water partition coefficient (Wildman–Crippen LogP) is 4.51. The van der Waals surface area contributed by atoms with Crippen LogP contribution < -0.4 is 0 Å². The normalized spacial score (nSPS) is 27.3. The highest BCUT2D eigenvalue weighted by Crippen LogP contribution is 2.18. The Bertz CT molecular complexity index is 193. The molecule has 0 spiro atoms. The van der Waals surface area contributed by atoms with E-state index < -0.39 is 8.32 Å². The van der Waals surface area contributed by atoms with Crippen LogP contribution in [-0.2, 0) is 4.43 Å². The van der Waals surface area contributed by atoms with E-state index in [4.69, 9.17) is 4.43 Å². The molecule has 0 bridgehead atoms. The molecule has 0 heterocycles. The van der Waals surface area contributed by atoms with Gasteiger partial charge in [0.05, 0.1) is 0 Å². The lowest BCUT2D eigenvalue weighted by atomic mass is 10.0. The zero-order valence-electron chi connectivity index (χ0n) is 10.6. The van der Waals surface area contributed by atoms with E-state index in [2.05, 4.69) is 31.8 Å². The second kappa shape index (κ2) is 6.49. The highest BCUT2D eigenvalue weighted by atomic mass is 28.4. The minimum Gasteiger partial charge on any atom is -0.414 e. The van der Waals surface area contributed by atoms with E-state index in [1.165, 1.54) is 38.5 Å². The van der Waals surface area contributed by atoms with E-state index in [0.717, 1.165) is 6.42 Å². The Labute approximate surface area is 96.0 Å². The van der Waals surface area contributed by atoms with E-state index in [9.17, 15) is 0 Å². The molecule has 1 aliphatic rings. The fraction of sp³-hybridized carbons (Fsp3) is 0.846. The summed E-state index contributed by atoms with van der Waals surface area (Å²) in [6.07, 6.45) is 14.3. The molecule has 0 aliphatic heterocycles. The highest BCUT2D eigenvalue weighted by molar-refractivity contribution is 6.69. The molecule has 0 saturated heterocycles. The summed E-state index contributed by atoms with van der Waals surface area (Å²) in [5.41, 5.74) is 0. The lowest BCUT2D eigenvalue weighted by Gasteiger charge is -2.26. The molecule has 2 heteroatoms. The lowest BCUT2D eigenvalue weighted by molar-refractivity contribution is 0.182. The van der Waals surface area contributed by atoms with E-state index in [0.29, 0.717) is 6.10 Å². The van der Waals surface area contributed by atoms with Gasteiger partial charge in [0.1, 0.15) is 0 Å². The third-order valence-corrected chi connectivity index (χ3v) is 3.77. The van der Waals surface area contributed by atoms with E-state index in [-0.39, 0.29) is 0 Å². The van der Waals surface area contributed by atoms with Crippen LogP contribution in [0.2, 0.25) is 19.6 Å². The summed E-state index contributed by atoms with van der Waals surface area (Å²) in [6.45, 7) is 6.86. The third kappa shape index (κ3) is 6.91. The van der Waals surface area contributed by atoms with E-state index in [1.54, 1.807) is 0 Å². The Balaban J connectivity index is 2.41. The molecule has 15 heavy (non-hydrogen) atoms. The molecule has 0 N–H and O–H groups in total. The number of rotatable bonds is 2. The zero-order valence-corrected chi connectivity index (χ0v) is 11.6. The van der Waals surface area contributed by atoms with Gasteiger partial charge in [-0.05, 0) is 45.3 Å². The van der Waals surface area contributed by atoms with Crippen LogP contribution in [0.4, 0.5) is 0 Å². The summed E-state index contributed by atoms with van der Waals surface area (Å²) in [5, 5.41) is 0. The summed E-state index contributed by atoms with van der Waals surface area (Å²) in [7, 11) is -1.35. The topological polar surface area (TPSA) is 9.23 Å². The molecule has 1 aliphatic carbocycles. The first-order chi connectivity index (χ1) is 7.08. The van der Waals surface area contributed by atoms with Gasteiger partial charge in [-0.15, -0.1) is 0 Å². The van der Waals surface area contributed by atoms with Crippen molar-refractivity contribution in [1.82, 2.24) is 0 Å². The maximum Gasteiger partial charge on any atom is 0.184 e. The largest absolute Gasteiger partial charge is 0.414 e. The quantitative estimate of drug-likeness (QED) is 0.497. The molecule has 1 nitrogen and oxygen atoms in total. The Hall–Kier alpha value is -0.0831. The fourth-order valence-electron chi connectivity index (χ4n) is 2.08.